The van der Waals surface area contributed by atoms with E-state index in [-0.39, 0.29) is 5.75 Å². The summed E-state index contributed by atoms with van der Waals surface area (Å²) < 4.78 is 6.35. The Labute approximate surface area is 214 Å². The minimum atomic E-state index is -0.956. The third kappa shape index (κ3) is 5.68. The average molecular weight is 526 g/mol. The van der Waals surface area contributed by atoms with Gasteiger partial charge in [0.25, 0.3) is 0 Å². The maximum atomic E-state index is 12.6. The number of nitrogens with zero attached hydrogens (tertiary/aromatic N) is 1. The number of esters is 1. The first-order chi connectivity index (χ1) is 16.8. The van der Waals surface area contributed by atoms with Crippen LogP contribution in [0.3, 0.4) is 0 Å². The number of hydrogen-bond donors (Lipinski definition) is 2. The standard InChI is InChI=1S/C25H17Cl2N3O4S/c1-14-18(26)9-5-10-19(14)29-23(31)24(32)30-28-13-15-6-4-7-16(12-15)34-25(33)22-21(27)17-8-2-3-11-20(17)35-22/h2-13H,1H3,(H,29,31)(H,30,32). The van der Waals surface area contributed by atoms with Gasteiger partial charge in [0.15, 0.2) is 0 Å². The summed E-state index contributed by atoms with van der Waals surface area (Å²) in [7, 11) is 0. The number of nitrogens with one attached hydrogen (secondary N) is 2. The normalized spacial score (nSPS) is 10.9. The average Bonchev–Trinajstić information content (AvgIpc) is 3.19. The molecular weight excluding hydrogens is 509 g/mol. The van der Waals surface area contributed by atoms with Gasteiger partial charge in [0.05, 0.1) is 11.2 Å². The van der Waals surface area contributed by atoms with E-state index in [4.69, 9.17) is 27.9 Å². The summed E-state index contributed by atoms with van der Waals surface area (Å²) in [5.74, 6) is -2.16. The maximum Gasteiger partial charge on any atom is 0.355 e. The van der Waals surface area contributed by atoms with Gasteiger partial charge in [-0.25, -0.2) is 10.2 Å². The van der Waals surface area contributed by atoms with Crippen molar-refractivity contribution in [1.29, 1.82) is 0 Å². The zero-order valence-electron chi connectivity index (χ0n) is 18.2. The highest BCUT2D eigenvalue weighted by Gasteiger charge is 2.19. The predicted octanol–water partition coefficient (Wildman–Crippen LogP) is 5.82. The van der Waals surface area contributed by atoms with Crippen LogP contribution in [0.1, 0.15) is 20.8 Å². The van der Waals surface area contributed by atoms with Gasteiger partial charge in [-0.1, -0.05) is 59.6 Å². The molecule has 0 spiro atoms. The summed E-state index contributed by atoms with van der Waals surface area (Å²) in [6, 6.07) is 18.9. The highest BCUT2D eigenvalue weighted by atomic mass is 35.5. The van der Waals surface area contributed by atoms with E-state index in [0.717, 1.165) is 10.1 Å². The Hall–Kier alpha value is -3.72. The summed E-state index contributed by atoms with van der Waals surface area (Å²) >= 11 is 13.6. The molecule has 1 heterocycles. The van der Waals surface area contributed by atoms with Gasteiger partial charge in [-0.3, -0.25) is 9.59 Å². The molecule has 0 fully saturated rings. The highest BCUT2D eigenvalue weighted by molar-refractivity contribution is 7.21. The second kappa shape index (κ2) is 10.7. The molecule has 0 saturated carbocycles. The van der Waals surface area contributed by atoms with Crippen LogP contribution >= 0.6 is 34.5 Å². The Morgan fingerprint density at radius 2 is 1.74 bits per heavy atom. The quantitative estimate of drug-likeness (QED) is 0.113. The van der Waals surface area contributed by atoms with E-state index in [9.17, 15) is 14.4 Å². The fourth-order valence-electron chi connectivity index (χ4n) is 3.10. The lowest BCUT2D eigenvalue weighted by Crippen LogP contribution is -2.32. The third-order valence-electron chi connectivity index (χ3n) is 4.89. The Bertz CT molecular complexity index is 1480. The number of benzene rings is 3. The smallest absolute Gasteiger partial charge is 0.355 e. The van der Waals surface area contributed by atoms with E-state index in [0.29, 0.717) is 31.7 Å². The number of anilines is 1. The number of amides is 2. The van der Waals surface area contributed by atoms with Crippen LogP contribution in [0, 0.1) is 6.92 Å². The first kappa shape index (κ1) is 24.4. The molecule has 0 aliphatic heterocycles. The third-order valence-corrected chi connectivity index (χ3v) is 6.96. The second-order valence-electron chi connectivity index (χ2n) is 7.27. The lowest BCUT2D eigenvalue weighted by molar-refractivity contribution is -0.136. The first-order valence-electron chi connectivity index (χ1n) is 10.2. The molecule has 0 saturated heterocycles. The molecule has 0 unspecified atom stereocenters. The Balaban J connectivity index is 1.38. The Morgan fingerprint density at radius 3 is 2.54 bits per heavy atom. The monoisotopic (exact) mass is 525 g/mol. The molecular formula is C25H17Cl2N3O4S. The molecule has 1 aromatic heterocycles. The van der Waals surface area contributed by atoms with Crippen LogP contribution in [-0.2, 0) is 9.59 Å². The van der Waals surface area contributed by atoms with Crippen LogP contribution in [0.25, 0.3) is 10.1 Å². The van der Waals surface area contributed by atoms with Crippen LogP contribution in [0.4, 0.5) is 5.69 Å². The van der Waals surface area contributed by atoms with Crippen molar-refractivity contribution in [3.63, 3.8) is 0 Å². The Kier molecular flexibility index (Phi) is 7.45. The van der Waals surface area contributed by atoms with E-state index in [1.165, 1.54) is 17.6 Å². The zero-order valence-corrected chi connectivity index (χ0v) is 20.5. The minimum absolute atomic E-state index is 0.271. The topological polar surface area (TPSA) is 96.9 Å². The van der Waals surface area contributed by atoms with Gasteiger partial charge in [-0.05, 0) is 48.4 Å². The van der Waals surface area contributed by atoms with Gasteiger partial charge < -0.3 is 10.1 Å². The molecule has 7 nitrogen and oxygen atoms in total. The predicted molar refractivity (Wildman–Crippen MR) is 139 cm³/mol. The lowest BCUT2D eigenvalue weighted by atomic mass is 10.2. The largest absolute Gasteiger partial charge is 0.422 e. The molecule has 0 atom stereocenters. The van der Waals surface area contributed by atoms with Crippen LogP contribution in [0.15, 0.2) is 71.8 Å². The van der Waals surface area contributed by atoms with E-state index < -0.39 is 17.8 Å². The summed E-state index contributed by atoms with van der Waals surface area (Å²) in [5.41, 5.74) is 3.75. The molecule has 35 heavy (non-hydrogen) atoms. The number of fused-ring (bicyclic) bond motifs is 1. The second-order valence-corrected chi connectivity index (χ2v) is 9.11. The Morgan fingerprint density at radius 1 is 0.971 bits per heavy atom. The van der Waals surface area contributed by atoms with Gasteiger partial charge in [0.2, 0.25) is 0 Å². The minimum Gasteiger partial charge on any atom is -0.422 e. The molecule has 2 N–H and O–H groups in total. The van der Waals surface area contributed by atoms with E-state index in [1.54, 1.807) is 49.4 Å². The molecule has 0 radical (unpaired) electrons. The number of hydrogen-bond acceptors (Lipinski definition) is 6. The van der Waals surface area contributed by atoms with Crippen molar-refractivity contribution in [1.82, 2.24) is 5.43 Å². The molecule has 4 rings (SSSR count). The lowest BCUT2D eigenvalue weighted by Gasteiger charge is -2.08. The van der Waals surface area contributed by atoms with Crippen molar-refractivity contribution in [2.75, 3.05) is 5.32 Å². The number of thiophene rings is 1. The summed E-state index contributed by atoms with van der Waals surface area (Å²) in [6.45, 7) is 1.72. The van der Waals surface area contributed by atoms with Crippen LogP contribution in [0.5, 0.6) is 5.75 Å². The van der Waals surface area contributed by atoms with Crippen molar-refractivity contribution in [2.45, 2.75) is 6.92 Å². The van der Waals surface area contributed by atoms with E-state index >= 15 is 0 Å². The number of rotatable bonds is 5. The number of ether oxygens (including phenoxy) is 1. The number of halogens is 2. The van der Waals surface area contributed by atoms with Crippen molar-refractivity contribution < 1.29 is 19.1 Å². The van der Waals surface area contributed by atoms with E-state index in [1.807, 2.05) is 24.3 Å². The number of carbonyl (C=O) groups excluding carboxylic acids is 3. The molecule has 4 aromatic rings. The van der Waals surface area contributed by atoms with Crippen LogP contribution < -0.4 is 15.5 Å². The van der Waals surface area contributed by atoms with Gasteiger partial charge in [0.1, 0.15) is 10.6 Å². The van der Waals surface area contributed by atoms with Crippen molar-refractivity contribution >= 4 is 74.3 Å². The molecule has 176 valence electrons. The van der Waals surface area contributed by atoms with Gasteiger partial charge in [-0.2, -0.15) is 5.10 Å². The van der Waals surface area contributed by atoms with Crippen molar-refractivity contribution in [2.24, 2.45) is 5.10 Å². The van der Waals surface area contributed by atoms with Gasteiger partial charge in [0, 0.05) is 20.8 Å². The van der Waals surface area contributed by atoms with Crippen molar-refractivity contribution in [3.8, 4) is 5.75 Å². The fraction of sp³-hybridized carbons (Fsp3) is 0.0400. The van der Waals surface area contributed by atoms with E-state index in [2.05, 4.69) is 15.8 Å². The molecule has 10 heteroatoms. The van der Waals surface area contributed by atoms with Gasteiger partial charge in [-0.15, -0.1) is 11.3 Å². The SMILES string of the molecule is Cc1c(Cl)cccc1NC(=O)C(=O)NN=Cc1cccc(OC(=O)c2sc3ccccc3c2Cl)c1. The zero-order chi connectivity index (χ0) is 24.9. The fourth-order valence-corrected chi connectivity index (χ4v) is 4.65. The molecule has 2 amide bonds. The molecule has 0 bridgehead atoms. The number of carbonyl (C=O) groups is 3. The summed E-state index contributed by atoms with van der Waals surface area (Å²) in [5, 5.41) is 7.89. The number of hydrazone groups is 1. The molecule has 3 aromatic carbocycles. The van der Waals surface area contributed by atoms with Gasteiger partial charge >= 0.3 is 17.8 Å². The molecule has 0 aliphatic rings. The maximum absolute atomic E-state index is 12.6. The first-order valence-corrected chi connectivity index (χ1v) is 11.8. The highest BCUT2D eigenvalue weighted by Crippen LogP contribution is 2.35. The van der Waals surface area contributed by atoms with Crippen LogP contribution in [-0.4, -0.2) is 24.0 Å². The molecule has 0 aliphatic carbocycles. The summed E-state index contributed by atoms with van der Waals surface area (Å²) in [4.78, 5) is 37.1. The van der Waals surface area contributed by atoms with Crippen LogP contribution in [0.2, 0.25) is 10.0 Å². The van der Waals surface area contributed by atoms with Crippen molar-refractivity contribution in [3.05, 3.63) is 92.8 Å². The summed E-state index contributed by atoms with van der Waals surface area (Å²) in [6.07, 6.45) is 1.32.